The summed E-state index contributed by atoms with van der Waals surface area (Å²) in [6, 6.07) is 6.24. The smallest absolute Gasteiger partial charge is 0.312 e. The van der Waals surface area contributed by atoms with Crippen LogP contribution in [0.25, 0.3) is 0 Å². The van der Waals surface area contributed by atoms with Gasteiger partial charge in [-0.15, -0.1) is 0 Å². The van der Waals surface area contributed by atoms with Gasteiger partial charge in [0.25, 0.3) is 0 Å². The number of amides is 1. The molecule has 0 radical (unpaired) electrons. The summed E-state index contributed by atoms with van der Waals surface area (Å²) in [6.07, 6.45) is 1.80. The highest BCUT2D eigenvalue weighted by Gasteiger charge is 2.46. The fraction of sp³-hybridized carbons (Fsp3) is 0.550. The molecule has 27 heavy (non-hydrogen) atoms. The van der Waals surface area contributed by atoms with Gasteiger partial charge in [-0.2, -0.15) is 0 Å². The van der Waals surface area contributed by atoms with Gasteiger partial charge in [0.1, 0.15) is 11.9 Å². The maximum Gasteiger partial charge on any atom is 0.312 e. The zero-order valence-corrected chi connectivity index (χ0v) is 15.7. The molecule has 0 spiro atoms. The lowest BCUT2D eigenvalue weighted by Crippen LogP contribution is -2.48. The van der Waals surface area contributed by atoms with Gasteiger partial charge in [0, 0.05) is 38.4 Å². The van der Waals surface area contributed by atoms with Crippen LogP contribution in [0.1, 0.15) is 45.1 Å². The normalized spacial score (nSPS) is 21.4. The Bertz CT molecular complexity index is 741. The Balaban J connectivity index is 1.69. The second-order valence-electron chi connectivity index (χ2n) is 7.19. The third kappa shape index (κ3) is 4.28. The van der Waals surface area contributed by atoms with E-state index in [9.17, 15) is 14.0 Å². The first-order valence-corrected chi connectivity index (χ1v) is 9.35. The topological polar surface area (TPSA) is 68.2 Å². The molecule has 1 aromatic rings. The molecular weight excluding hydrogens is 351 g/mol. The fourth-order valence-electron chi connectivity index (χ4n) is 3.84. The lowest BCUT2D eigenvalue weighted by Gasteiger charge is -2.40. The standard InChI is InChI=1S/C20H25FN2O4/c1-3-26-19(25)20(7-9-23(10-8-20)14(2)24)13-17-12-18(22-27-17)15-5-4-6-16(21)11-15/h4-6,11,17H,3,7-10,12-13H2,1-2H3. The van der Waals surface area contributed by atoms with E-state index < -0.39 is 5.41 Å². The van der Waals surface area contributed by atoms with Crippen molar-refractivity contribution in [1.82, 2.24) is 4.90 Å². The summed E-state index contributed by atoms with van der Waals surface area (Å²) >= 11 is 0. The van der Waals surface area contributed by atoms with Crippen LogP contribution < -0.4 is 0 Å². The molecule has 3 rings (SSSR count). The summed E-state index contributed by atoms with van der Waals surface area (Å²) in [7, 11) is 0. The SMILES string of the molecule is CCOC(=O)C1(CC2CC(c3cccc(F)c3)=NO2)CCN(C(C)=O)CC1. The minimum Gasteiger partial charge on any atom is -0.466 e. The lowest BCUT2D eigenvalue weighted by atomic mass is 9.73. The highest BCUT2D eigenvalue weighted by atomic mass is 19.1. The molecule has 1 saturated heterocycles. The molecule has 1 atom stereocenters. The summed E-state index contributed by atoms with van der Waals surface area (Å²) < 4.78 is 18.8. The Labute approximate surface area is 158 Å². The van der Waals surface area contributed by atoms with E-state index in [2.05, 4.69) is 5.16 Å². The Morgan fingerprint density at radius 2 is 2.11 bits per heavy atom. The van der Waals surface area contributed by atoms with E-state index in [1.165, 1.54) is 19.1 Å². The molecule has 1 amide bonds. The number of carbonyl (C=O) groups excluding carboxylic acids is 2. The van der Waals surface area contributed by atoms with E-state index in [-0.39, 0.29) is 23.8 Å². The molecule has 1 unspecified atom stereocenters. The van der Waals surface area contributed by atoms with E-state index in [0.29, 0.717) is 56.7 Å². The number of benzene rings is 1. The van der Waals surface area contributed by atoms with Crippen LogP contribution in [-0.4, -0.2) is 48.3 Å². The van der Waals surface area contributed by atoms with Crippen molar-refractivity contribution in [2.24, 2.45) is 10.6 Å². The molecule has 0 aromatic heterocycles. The molecule has 0 aliphatic carbocycles. The molecule has 1 fully saturated rings. The van der Waals surface area contributed by atoms with Crippen molar-refractivity contribution in [3.8, 4) is 0 Å². The van der Waals surface area contributed by atoms with Crippen LogP contribution in [0.4, 0.5) is 4.39 Å². The number of halogens is 1. The fourth-order valence-corrected chi connectivity index (χ4v) is 3.84. The van der Waals surface area contributed by atoms with Crippen LogP contribution in [0.2, 0.25) is 0 Å². The number of hydrogen-bond donors (Lipinski definition) is 0. The quantitative estimate of drug-likeness (QED) is 0.741. The molecule has 0 N–H and O–H groups in total. The van der Waals surface area contributed by atoms with Crippen molar-refractivity contribution < 1.29 is 23.6 Å². The van der Waals surface area contributed by atoms with E-state index in [1.807, 2.05) is 0 Å². The second-order valence-corrected chi connectivity index (χ2v) is 7.19. The van der Waals surface area contributed by atoms with Crippen molar-refractivity contribution in [3.05, 3.63) is 35.6 Å². The van der Waals surface area contributed by atoms with Crippen LogP contribution in [0, 0.1) is 11.2 Å². The highest BCUT2D eigenvalue weighted by molar-refractivity contribution is 6.01. The zero-order chi connectivity index (χ0) is 19.4. The molecular formula is C20H25FN2O4. The molecule has 6 nitrogen and oxygen atoms in total. The summed E-state index contributed by atoms with van der Waals surface area (Å²) in [5.41, 5.74) is 0.688. The van der Waals surface area contributed by atoms with Crippen molar-refractivity contribution in [2.75, 3.05) is 19.7 Å². The molecule has 2 heterocycles. The Morgan fingerprint density at radius 1 is 1.37 bits per heavy atom. The Hall–Kier alpha value is -2.44. The maximum absolute atomic E-state index is 13.5. The van der Waals surface area contributed by atoms with Crippen LogP contribution in [0.5, 0.6) is 0 Å². The first kappa shape index (κ1) is 19.3. The van der Waals surface area contributed by atoms with Gasteiger partial charge in [-0.25, -0.2) is 4.39 Å². The third-order valence-corrected chi connectivity index (χ3v) is 5.38. The summed E-state index contributed by atoms with van der Waals surface area (Å²) in [5.74, 6) is -0.546. The van der Waals surface area contributed by atoms with Gasteiger partial charge in [0.2, 0.25) is 5.91 Å². The summed E-state index contributed by atoms with van der Waals surface area (Å²) in [6.45, 7) is 4.69. The number of esters is 1. The van der Waals surface area contributed by atoms with Gasteiger partial charge >= 0.3 is 5.97 Å². The number of rotatable bonds is 5. The van der Waals surface area contributed by atoms with Crippen LogP contribution >= 0.6 is 0 Å². The van der Waals surface area contributed by atoms with Gasteiger partial charge in [0.05, 0.1) is 17.7 Å². The largest absolute Gasteiger partial charge is 0.466 e. The van der Waals surface area contributed by atoms with Crippen molar-refractivity contribution in [1.29, 1.82) is 0 Å². The van der Waals surface area contributed by atoms with E-state index in [4.69, 9.17) is 9.57 Å². The maximum atomic E-state index is 13.5. The minimum atomic E-state index is -0.681. The van der Waals surface area contributed by atoms with Crippen LogP contribution in [0.3, 0.4) is 0 Å². The number of hydrogen-bond acceptors (Lipinski definition) is 5. The van der Waals surface area contributed by atoms with Gasteiger partial charge in [-0.1, -0.05) is 17.3 Å². The molecule has 0 bridgehead atoms. The zero-order valence-electron chi connectivity index (χ0n) is 15.7. The van der Waals surface area contributed by atoms with Crippen molar-refractivity contribution >= 4 is 17.6 Å². The predicted octanol–water partition coefficient (Wildman–Crippen LogP) is 2.90. The van der Waals surface area contributed by atoms with Crippen LogP contribution in [-0.2, 0) is 19.2 Å². The average molecular weight is 376 g/mol. The Kier molecular flexibility index (Phi) is 5.77. The molecule has 7 heteroatoms. The third-order valence-electron chi connectivity index (χ3n) is 5.38. The number of nitrogens with zero attached hydrogens (tertiary/aromatic N) is 2. The van der Waals surface area contributed by atoms with E-state index in [1.54, 1.807) is 24.0 Å². The van der Waals surface area contributed by atoms with Crippen molar-refractivity contribution in [2.45, 2.75) is 45.6 Å². The highest BCUT2D eigenvalue weighted by Crippen LogP contribution is 2.40. The first-order valence-electron chi connectivity index (χ1n) is 9.35. The number of carbonyl (C=O) groups is 2. The van der Waals surface area contributed by atoms with Crippen LogP contribution in [0.15, 0.2) is 29.4 Å². The molecule has 2 aliphatic rings. The molecule has 2 aliphatic heterocycles. The summed E-state index contributed by atoms with van der Waals surface area (Å²) in [5, 5.41) is 4.11. The minimum absolute atomic E-state index is 0.0151. The molecule has 146 valence electrons. The van der Waals surface area contributed by atoms with Gasteiger partial charge in [-0.05, 0) is 31.9 Å². The number of likely N-dealkylation sites (tertiary alicyclic amines) is 1. The Morgan fingerprint density at radius 3 is 2.74 bits per heavy atom. The van der Waals surface area contributed by atoms with Gasteiger partial charge < -0.3 is 14.5 Å². The second kappa shape index (κ2) is 8.06. The number of oxime groups is 1. The molecule has 0 saturated carbocycles. The predicted molar refractivity (Wildman–Crippen MR) is 97.6 cm³/mol. The first-order chi connectivity index (χ1) is 12.9. The van der Waals surface area contributed by atoms with Gasteiger partial charge in [-0.3, -0.25) is 9.59 Å². The van der Waals surface area contributed by atoms with E-state index >= 15 is 0 Å². The van der Waals surface area contributed by atoms with Crippen molar-refractivity contribution in [3.63, 3.8) is 0 Å². The van der Waals surface area contributed by atoms with E-state index in [0.717, 1.165) is 0 Å². The number of piperidine rings is 1. The number of ether oxygens (including phenoxy) is 1. The monoisotopic (exact) mass is 376 g/mol. The molecule has 1 aromatic carbocycles. The summed E-state index contributed by atoms with van der Waals surface area (Å²) in [4.78, 5) is 31.6. The van der Waals surface area contributed by atoms with Gasteiger partial charge in [0.15, 0.2) is 0 Å². The lowest BCUT2D eigenvalue weighted by molar-refractivity contribution is -0.163. The average Bonchev–Trinajstić information content (AvgIpc) is 3.10.